The highest BCUT2D eigenvalue weighted by Gasteiger charge is 1.93. The third kappa shape index (κ3) is 2.67. The van der Waals surface area contributed by atoms with Gasteiger partial charge in [0, 0.05) is 11.1 Å². The molecule has 0 aromatic heterocycles. The fourth-order valence-electron chi connectivity index (χ4n) is 0.629. The molecule has 0 fully saturated rings. The maximum atomic E-state index is 5.67. The summed E-state index contributed by atoms with van der Waals surface area (Å²) in [5, 5.41) is 3.92. The van der Waals surface area contributed by atoms with Crippen LogP contribution >= 0.6 is 11.6 Å². The van der Waals surface area contributed by atoms with E-state index in [1.54, 1.807) is 24.3 Å². The molecule has 5 heteroatoms. The smallest absolute Gasteiger partial charge is 0.228 e. The van der Waals surface area contributed by atoms with Gasteiger partial charge in [-0.05, 0) is 17.3 Å². The van der Waals surface area contributed by atoms with Crippen molar-refractivity contribution in [1.82, 2.24) is 0 Å². The molecule has 64 valence electrons. The van der Waals surface area contributed by atoms with E-state index in [0.717, 1.165) is 0 Å². The summed E-state index contributed by atoms with van der Waals surface area (Å²) in [5.74, 6) is 0.367. The van der Waals surface area contributed by atoms with E-state index in [1.165, 1.54) is 0 Å². The van der Waals surface area contributed by atoms with Crippen LogP contribution in [0.5, 0.6) is 5.75 Å². The van der Waals surface area contributed by atoms with Gasteiger partial charge < -0.3 is 16.3 Å². The van der Waals surface area contributed by atoms with Crippen LogP contribution in [-0.2, 0) is 0 Å². The highest BCUT2D eigenvalue weighted by Crippen LogP contribution is 2.16. The van der Waals surface area contributed by atoms with Gasteiger partial charge in [-0.1, -0.05) is 17.7 Å². The van der Waals surface area contributed by atoms with Gasteiger partial charge in [0.05, 0.1) is 0 Å². The van der Waals surface area contributed by atoms with Crippen molar-refractivity contribution in [3.8, 4) is 5.75 Å². The SMILES string of the molecule is NC(N)=NOc1cccc(Cl)c1. The second-order valence-corrected chi connectivity index (χ2v) is 2.50. The highest BCUT2D eigenvalue weighted by atomic mass is 35.5. The lowest BCUT2D eigenvalue weighted by molar-refractivity contribution is 0.340. The van der Waals surface area contributed by atoms with Crippen molar-refractivity contribution in [2.75, 3.05) is 0 Å². The number of rotatable bonds is 2. The van der Waals surface area contributed by atoms with Crippen LogP contribution in [0, 0.1) is 0 Å². The standard InChI is InChI=1S/C7H8ClN3O/c8-5-2-1-3-6(4-5)12-11-7(9)10/h1-4H,(H4,9,10,11). The number of oxime groups is 1. The van der Waals surface area contributed by atoms with Crippen LogP contribution in [0.3, 0.4) is 0 Å². The van der Waals surface area contributed by atoms with Crippen molar-refractivity contribution in [2.45, 2.75) is 0 Å². The van der Waals surface area contributed by atoms with Crippen LogP contribution in [0.25, 0.3) is 0 Å². The van der Waals surface area contributed by atoms with Gasteiger partial charge in [-0.25, -0.2) is 0 Å². The summed E-state index contributed by atoms with van der Waals surface area (Å²) in [5.41, 5.74) is 10.1. The predicted octanol–water partition coefficient (Wildman–Crippen LogP) is 0.907. The molecular weight excluding hydrogens is 178 g/mol. The number of nitrogens with two attached hydrogens (primary N) is 2. The van der Waals surface area contributed by atoms with Gasteiger partial charge in [0.25, 0.3) is 0 Å². The minimum atomic E-state index is -0.130. The van der Waals surface area contributed by atoms with Gasteiger partial charge in [-0.2, -0.15) is 0 Å². The molecule has 12 heavy (non-hydrogen) atoms. The number of hydrogen-bond acceptors (Lipinski definition) is 2. The Labute approximate surface area is 74.7 Å². The molecule has 0 saturated carbocycles. The molecule has 0 aliphatic rings. The van der Waals surface area contributed by atoms with Crippen LogP contribution < -0.4 is 16.3 Å². The average molecular weight is 186 g/mol. The zero-order chi connectivity index (χ0) is 8.97. The Balaban J connectivity index is 2.70. The summed E-state index contributed by atoms with van der Waals surface area (Å²) in [4.78, 5) is 4.80. The van der Waals surface area contributed by atoms with Crippen LogP contribution in [0.15, 0.2) is 29.4 Å². The Morgan fingerprint density at radius 2 is 2.17 bits per heavy atom. The molecule has 0 spiro atoms. The molecular formula is C7H8ClN3O. The summed E-state index contributed by atoms with van der Waals surface area (Å²) in [6, 6.07) is 6.76. The normalized spacial score (nSPS) is 9.08. The zero-order valence-corrected chi connectivity index (χ0v) is 6.95. The van der Waals surface area contributed by atoms with Crippen LogP contribution in [0.2, 0.25) is 5.02 Å². The van der Waals surface area contributed by atoms with Crippen LogP contribution in [0.4, 0.5) is 0 Å². The number of halogens is 1. The molecule has 1 rings (SSSR count). The Morgan fingerprint density at radius 1 is 1.42 bits per heavy atom. The largest absolute Gasteiger partial charge is 0.367 e. The summed E-state index contributed by atoms with van der Waals surface area (Å²) < 4.78 is 0. The lowest BCUT2D eigenvalue weighted by Crippen LogP contribution is -2.23. The second-order valence-electron chi connectivity index (χ2n) is 2.06. The van der Waals surface area contributed by atoms with Crippen molar-refractivity contribution < 1.29 is 4.84 Å². The zero-order valence-electron chi connectivity index (χ0n) is 6.20. The average Bonchev–Trinajstić information content (AvgIpc) is 2.01. The third-order valence-corrected chi connectivity index (χ3v) is 1.29. The van der Waals surface area contributed by atoms with E-state index in [2.05, 4.69) is 5.16 Å². The molecule has 4 N–H and O–H groups in total. The molecule has 0 radical (unpaired) electrons. The van der Waals surface area contributed by atoms with Gasteiger partial charge in [-0.15, -0.1) is 0 Å². The molecule has 0 aliphatic heterocycles. The van der Waals surface area contributed by atoms with Crippen LogP contribution in [0.1, 0.15) is 0 Å². The van der Waals surface area contributed by atoms with Gasteiger partial charge in [0.15, 0.2) is 5.75 Å². The first kappa shape index (κ1) is 8.67. The minimum absolute atomic E-state index is 0.130. The van der Waals surface area contributed by atoms with E-state index < -0.39 is 0 Å². The maximum Gasteiger partial charge on any atom is 0.228 e. The maximum absolute atomic E-state index is 5.67. The fourth-order valence-corrected chi connectivity index (χ4v) is 0.809. The monoisotopic (exact) mass is 185 g/mol. The van der Waals surface area contributed by atoms with E-state index in [-0.39, 0.29) is 5.96 Å². The topological polar surface area (TPSA) is 73.6 Å². The Morgan fingerprint density at radius 3 is 2.75 bits per heavy atom. The lowest BCUT2D eigenvalue weighted by atomic mass is 10.3. The first-order valence-electron chi connectivity index (χ1n) is 3.20. The fraction of sp³-hybridized carbons (Fsp3) is 0. The number of hydrogen-bond donors (Lipinski definition) is 2. The molecule has 1 aromatic carbocycles. The predicted molar refractivity (Wildman–Crippen MR) is 47.9 cm³/mol. The van der Waals surface area contributed by atoms with Crippen molar-refractivity contribution in [3.63, 3.8) is 0 Å². The van der Waals surface area contributed by atoms with E-state index >= 15 is 0 Å². The molecule has 0 heterocycles. The molecule has 0 atom stereocenters. The molecule has 0 aliphatic carbocycles. The lowest BCUT2D eigenvalue weighted by Gasteiger charge is -1.97. The van der Waals surface area contributed by atoms with Crippen molar-refractivity contribution in [3.05, 3.63) is 29.3 Å². The molecule has 0 saturated heterocycles. The molecule has 0 amide bonds. The van der Waals surface area contributed by atoms with E-state index in [9.17, 15) is 0 Å². The second kappa shape index (κ2) is 3.82. The first-order chi connectivity index (χ1) is 5.68. The van der Waals surface area contributed by atoms with Gasteiger partial charge in [0.1, 0.15) is 0 Å². The van der Waals surface area contributed by atoms with Crippen LogP contribution in [-0.4, -0.2) is 5.96 Å². The van der Waals surface area contributed by atoms with Gasteiger partial charge in [0.2, 0.25) is 5.96 Å². The van der Waals surface area contributed by atoms with Crippen molar-refractivity contribution >= 4 is 17.6 Å². The Bertz CT molecular complexity index is 296. The number of benzene rings is 1. The molecule has 4 nitrogen and oxygen atoms in total. The summed E-state index contributed by atoms with van der Waals surface area (Å²) in [7, 11) is 0. The summed E-state index contributed by atoms with van der Waals surface area (Å²) in [6.07, 6.45) is 0. The molecule has 1 aromatic rings. The van der Waals surface area contributed by atoms with Gasteiger partial charge >= 0.3 is 0 Å². The minimum Gasteiger partial charge on any atom is -0.367 e. The van der Waals surface area contributed by atoms with Gasteiger partial charge in [-0.3, -0.25) is 0 Å². The Hall–Kier alpha value is -1.42. The molecule has 0 unspecified atom stereocenters. The first-order valence-corrected chi connectivity index (χ1v) is 3.58. The van der Waals surface area contributed by atoms with Crippen molar-refractivity contribution in [1.29, 1.82) is 0 Å². The van der Waals surface area contributed by atoms with Crippen molar-refractivity contribution in [2.24, 2.45) is 16.6 Å². The Kier molecular flexibility index (Phi) is 2.76. The van der Waals surface area contributed by atoms with E-state index in [1.807, 2.05) is 0 Å². The van der Waals surface area contributed by atoms with E-state index in [0.29, 0.717) is 10.8 Å². The summed E-state index contributed by atoms with van der Waals surface area (Å²) in [6.45, 7) is 0. The summed E-state index contributed by atoms with van der Waals surface area (Å²) >= 11 is 5.67. The number of guanidine groups is 1. The number of nitrogens with zero attached hydrogens (tertiary/aromatic N) is 1. The quantitative estimate of drug-likeness (QED) is 0.409. The van der Waals surface area contributed by atoms with E-state index in [4.69, 9.17) is 27.9 Å². The third-order valence-electron chi connectivity index (χ3n) is 1.05. The molecule has 0 bridgehead atoms. The highest BCUT2D eigenvalue weighted by molar-refractivity contribution is 6.30.